The predicted octanol–water partition coefficient (Wildman–Crippen LogP) is 6.08. The van der Waals surface area contributed by atoms with E-state index in [1.807, 2.05) is 31.2 Å². The molecule has 2 aromatic carbocycles. The Hall–Kier alpha value is -3.02. The lowest BCUT2D eigenvalue weighted by atomic mass is 9.89. The normalized spacial score (nSPS) is 16.2. The highest BCUT2D eigenvalue weighted by Gasteiger charge is 2.42. The smallest absolute Gasteiger partial charge is 0.454 e. The van der Waals surface area contributed by atoms with Crippen molar-refractivity contribution in [1.29, 1.82) is 0 Å². The van der Waals surface area contributed by atoms with E-state index < -0.39 is 23.3 Å². The SMILES string of the molecule is Cc1ccc(COc2ccc(/C=C3/CCCC(C(=O)C(F)(F)F)=C3O)cc2)cc1. The number of Topliss-reactive ketones (excluding diaryl/α,β-unsaturated/α-hetero) is 1. The van der Waals surface area contributed by atoms with Crippen LogP contribution < -0.4 is 4.74 Å². The molecule has 29 heavy (non-hydrogen) atoms. The van der Waals surface area contributed by atoms with Crippen LogP contribution in [0.2, 0.25) is 0 Å². The third-order valence-corrected chi connectivity index (χ3v) is 4.74. The Morgan fingerprint density at radius 3 is 2.34 bits per heavy atom. The maximum atomic E-state index is 12.7. The van der Waals surface area contributed by atoms with Crippen LogP contribution in [0.1, 0.15) is 36.0 Å². The third kappa shape index (κ3) is 5.28. The standard InChI is InChI=1S/C23H21F3O3/c1-15-5-7-17(8-6-15)14-29-19-11-9-16(10-12-19)13-18-3-2-4-20(21(18)27)22(28)23(24,25)26/h5-13,27H,2-4,14H2,1H3/b18-13-. The summed E-state index contributed by atoms with van der Waals surface area (Å²) in [5, 5.41) is 10.2. The predicted molar refractivity (Wildman–Crippen MR) is 104 cm³/mol. The van der Waals surface area contributed by atoms with Crippen molar-refractivity contribution in [2.24, 2.45) is 0 Å². The highest BCUT2D eigenvalue weighted by molar-refractivity contribution is 6.00. The van der Waals surface area contributed by atoms with E-state index in [1.54, 1.807) is 30.3 Å². The number of aliphatic hydroxyl groups excluding tert-OH is 1. The molecule has 0 unspecified atom stereocenters. The fourth-order valence-electron chi connectivity index (χ4n) is 3.13. The molecule has 0 aliphatic heterocycles. The number of benzene rings is 2. The van der Waals surface area contributed by atoms with Gasteiger partial charge < -0.3 is 9.84 Å². The lowest BCUT2D eigenvalue weighted by molar-refractivity contribution is -0.167. The lowest BCUT2D eigenvalue weighted by Gasteiger charge is -2.19. The number of alkyl halides is 3. The number of allylic oxidation sites excluding steroid dienone is 2. The van der Waals surface area contributed by atoms with Crippen LogP contribution in [-0.4, -0.2) is 17.1 Å². The van der Waals surface area contributed by atoms with E-state index >= 15 is 0 Å². The van der Waals surface area contributed by atoms with Crippen molar-refractivity contribution >= 4 is 11.9 Å². The van der Waals surface area contributed by atoms with E-state index in [9.17, 15) is 23.1 Å². The molecule has 0 fully saturated rings. The lowest BCUT2D eigenvalue weighted by Crippen LogP contribution is -2.27. The van der Waals surface area contributed by atoms with Gasteiger partial charge in [-0.2, -0.15) is 13.2 Å². The van der Waals surface area contributed by atoms with E-state index in [1.165, 1.54) is 5.56 Å². The van der Waals surface area contributed by atoms with Crippen molar-refractivity contribution in [2.75, 3.05) is 0 Å². The van der Waals surface area contributed by atoms with Gasteiger partial charge in [-0.15, -0.1) is 0 Å². The number of ether oxygens (including phenoxy) is 1. The van der Waals surface area contributed by atoms with Crippen LogP contribution >= 0.6 is 0 Å². The zero-order chi connectivity index (χ0) is 21.0. The van der Waals surface area contributed by atoms with Gasteiger partial charge in [0.1, 0.15) is 18.1 Å². The number of aliphatic hydroxyl groups is 1. The zero-order valence-corrected chi connectivity index (χ0v) is 15.9. The Kier molecular flexibility index (Phi) is 6.11. The molecule has 1 aliphatic carbocycles. The molecule has 0 saturated heterocycles. The monoisotopic (exact) mass is 402 g/mol. The summed E-state index contributed by atoms with van der Waals surface area (Å²) >= 11 is 0. The summed E-state index contributed by atoms with van der Waals surface area (Å²) in [5.41, 5.74) is 2.69. The molecule has 0 heterocycles. The van der Waals surface area contributed by atoms with Crippen LogP contribution in [0.25, 0.3) is 6.08 Å². The fourth-order valence-corrected chi connectivity index (χ4v) is 3.13. The Morgan fingerprint density at radius 2 is 1.72 bits per heavy atom. The van der Waals surface area contributed by atoms with Crippen LogP contribution in [0.3, 0.4) is 0 Å². The van der Waals surface area contributed by atoms with E-state index in [0.29, 0.717) is 36.3 Å². The average Bonchev–Trinajstić information content (AvgIpc) is 2.69. The first-order valence-corrected chi connectivity index (χ1v) is 9.27. The van der Waals surface area contributed by atoms with Crippen LogP contribution in [-0.2, 0) is 11.4 Å². The van der Waals surface area contributed by atoms with Gasteiger partial charge in [-0.05, 0) is 61.1 Å². The van der Waals surface area contributed by atoms with E-state index in [2.05, 4.69) is 0 Å². The minimum absolute atomic E-state index is 0.0761. The number of carbonyl (C=O) groups excluding carboxylic acids is 1. The van der Waals surface area contributed by atoms with Crippen LogP contribution in [0.4, 0.5) is 13.2 Å². The topological polar surface area (TPSA) is 46.5 Å². The number of halogens is 3. The van der Waals surface area contributed by atoms with E-state index in [4.69, 9.17) is 4.74 Å². The van der Waals surface area contributed by atoms with Crippen molar-refractivity contribution in [3.63, 3.8) is 0 Å². The molecule has 0 spiro atoms. The van der Waals surface area contributed by atoms with Crippen LogP contribution in [0.5, 0.6) is 5.75 Å². The molecule has 0 amide bonds. The highest BCUT2D eigenvalue weighted by Crippen LogP contribution is 2.34. The van der Waals surface area contributed by atoms with Gasteiger partial charge in [0.15, 0.2) is 0 Å². The summed E-state index contributed by atoms with van der Waals surface area (Å²) in [6.45, 7) is 2.44. The largest absolute Gasteiger partial charge is 0.507 e. The molecule has 0 aromatic heterocycles. The van der Waals surface area contributed by atoms with Gasteiger partial charge in [-0.25, -0.2) is 0 Å². The zero-order valence-electron chi connectivity index (χ0n) is 15.9. The molecule has 1 aliphatic rings. The minimum atomic E-state index is -4.98. The summed E-state index contributed by atoms with van der Waals surface area (Å²) in [7, 11) is 0. The van der Waals surface area contributed by atoms with Crippen molar-refractivity contribution in [2.45, 2.75) is 39.0 Å². The molecule has 0 atom stereocenters. The van der Waals surface area contributed by atoms with Gasteiger partial charge in [0.2, 0.25) is 0 Å². The molecule has 3 nitrogen and oxygen atoms in total. The molecule has 0 radical (unpaired) electrons. The molecule has 6 heteroatoms. The first kappa shape index (κ1) is 20.7. The average molecular weight is 402 g/mol. The highest BCUT2D eigenvalue weighted by atomic mass is 19.4. The van der Waals surface area contributed by atoms with Crippen molar-refractivity contribution in [3.05, 3.63) is 82.1 Å². The first-order valence-electron chi connectivity index (χ1n) is 9.27. The van der Waals surface area contributed by atoms with Gasteiger partial charge in [0, 0.05) is 5.57 Å². The molecule has 0 saturated carbocycles. The summed E-state index contributed by atoms with van der Waals surface area (Å²) in [6.07, 6.45) is -2.67. The van der Waals surface area contributed by atoms with Gasteiger partial charge in [0.05, 0.1) is 0 Å². The maximum Gasteiger partial charge on any atom is 0.454 e. The van der Waals surface area contributed by atoms with Gasteiger partial charge in [-0.1, -0.05) is 42.0 Å². The number of carbonyl (C=O) groups is 1. The van der Waals surface area contributed by atoms with Gasteiger partial charge in [0.25, 0.3) is 5.78 Å². The maximum absolute atomic E-state index is 12.7. The second-order valence-corrected chi connectivity index (χ2v) is 7.02. The van der Waals surface area contributed by atoms with Crippen molar-refractivity contribution in [3.8, 4) is 5.75 Å². The number of ketones is 1. The molecule has 2 aromatic rings. The molecule has 0 bridgehead atoms. The quantitative estimate of drug-likeness (QED) is 0.659. The Morgan fingerprint density at radius 1 is 1.07 bits per heavy atom. The summed E-state index contributed by atoms with van der Waals surface area (Å²) < 4.78 is 43.8. The molecule has 3 rings (SSSR count). The number of hydrogen-bond donors (Lipinski definition) is 1. The van der Waals surface area contributed by atoms with Crippen LogP contribution in [0.15, 0.2) is 65.4 Å². The molecule has 152 valence electrons. The molecular formula is C23H21F3O3. The second-order valence-electron chi connectivity index (χ2n) is 7.02. The number of hydrogen-bond acceptors (Lipinski definition) is 3. The minimum Gasteiger partial charge on any atom is -0.507 e. The molecule has 1 N–H and O–H groups in total. The Balaban J connectivity index is 1.71. The van der Waals surface area contributed by atoms with E-state index in [0.717, 1.165) is 5.56 Å². The van der Waals surface area contributed by atoms with Crippen molar-refractivity contribution in [1.82, 2.24) is 0 Å². The van der Waals surface area contributed by atoms with E-state index in [-0.39, 0.29) is 6.42 Å². The number of aryl methyl sites for hydroxylation is 1. The second kappa shape index (κ2) is 8.55. The first-order chi connectivity index (χ1) is 13.7. The summed E-state index contributed by atoms with van der Waals surface area (Å²) in [6, 6.07) is 15.0. The molecular weight excluding hydrogens is 381 g/mol. The summed E-state index contributed by atoms with van der Waals surface area (Å²) in [5.74, 6) is -1.87. The van der Waals surface area contributed by atoms with Gasteiger partial charge in [-0.3, -0.25) is 4.79 Å². The number of rotatable bonds is 5. The fraction of sp³-hybridized carbons (Fsp3) is 0.261. The van der Waals surface area contributed by atoms with Crippen LogP contribution in [0, 0.1) is 6.92 Å². The van der Waals surface area contributed by atoms with Gasteiger partial charge >= 0.3 is 6.18 Å². The Bertz CT molecular complexity index is 937. The Labute approximate surface area is 167 Å². The third-order valence-electron chi connectivity index (χ3n) is 4.74. The van der Waals surface area contributed by atoms with Crippen molar-refractivity contribution < 1.29 is 27.8 Å². The summed E-state index contributed by atoms with van der Waals surface area (Å²) in [4.78, 5) is 11.5.